The fourth-order valence-electron chi connectivity index (χ4n) is 2.38. The molecule has 1 fully saturated rings. The van der Waals surface area contributed by atoms with Gasteiger partial charge in [0.2, 0.25) is 5.91 Å². The molecule has 1 amide bonds. The Morgan fingerprint density at radius 2 is 1.89 bits per heavy atom. The average Bonchev–Trinajstić information content (AvgIpc) is 2.91. The maximum absolute atomic E-state index is 12.1. The summed E-state index contributed by atoms with van der Waals surface area (Å²) in [5.41, 5.74) is 6.95. The molecular weight excluding hydrogens is 292 g/mol. The van der Waals surface area contributed by atoms with Crippen LogP contribution in [0.4, 0.5) is 0 Å². The standard InChI is InChI=1S/C14H19BrN2O/c15-13-5-3-11(4-6-13)12(10-16)9-14(18)17-7-1-2-8-17/h3-6,12H,1-2,7-10,16H2. The Morgan fingerprint density at radius 3 is 2.44 bits per heavy atom. The molecule has 2 rings (SSSR count). The van der Waals surface area contributed by atoms with Gasteiger partial charge in [-0.1, -0.05) is 28.1 Å². The second kappa shape index (κ2) is 6.34. The van der Waals surface area contributed by atoms with E-state index in [-0.39, 0.29) is 11.8 Å². The lowest BCUT2D eigenvalue weighted by molar-refractivity contribution is -0.130. The minimum Gasteiger partial charge on any atom is -0.343 e. The zero-order valence-corrected chi connectivity index (χ0v) is 12.0. The van der Waals surface area contributed by atoms with Crippen LogP contribution in [-0.4, -0.2) is 30.4 Å². The van der Waals surface area contributed by atoms with Gasteiger partial charge in [0.1, 0.15) is 0 Å². The maximum atomic E-state index is 12.1. The van der Waals surface area contributed by atoms with Crippen LogP contribution in [-0.2, 0) is 4.79 Å². The zero-order valence-electron chi connectivity index (χ0n) is 10.4. The molecule has 0 aromatic heterocycles. The van der Waals surface area contributed by atoms with Crippen molar-refractivity contribution in [1.29, 1.82) is 0 Å². The van der Waals surface area contributed by atoms with Crippen LogP contribution < -0.4 is 5.73 Å². The molecule has 1 atom stereocenters. The molecule has 1 aromatic carbocycles. The minimum atomic E-state index is 0.131. The first-order valence-electron chi connectivity index (χ1n) is 6.44. The summed E-state index contributed by atoms with van der Waals surface area (Å²) >= 11 is 3.41. The molecule has 0 aliphatic carbocycles. The molecule has 1 aliphatic heterocycles. The third kappa shape index (κ3) is 3.33. The second-order valence-corrected chi connectivity index (χ2v) is 5.69. The van der Waals surface area contributed by atoms with Crippen molar-refractivity contribution in [2.24, 2.45) is 5.73 Å². The van der Waals surface area contributed by atoms with E-state index in [1.807, 2.05) is 29.2 Å². The lowest BCUT2D eigenvalue weighted by Crippen LogP contribution is -2.30. The van der Waals surface area contributed by atoms with Crippen LogP contribution in [0.1, 0.15) is 30.7 Å². The van der Waals surface area contributed by atoms with E-state index in [4.69, 9.17) is 5.73 Å². The highest BCUT2D eigenvalue weighted by atomic mass is 79.9. The summed E-state index contributed by atoms with van der Waals surface area (Å²) in [4.78, 5) is 14.1. The maximum Gasteiger partial charge on any atom is 0.223 e. The van der Waals surface area contributed by atoms with E-state index in [1.54, 1.807) is 0 Å². The number of carbonyl (C=O) groups is 1. The number of hydrogen-bond acceptors (Lipinski definition) is 2. The van der Waals surface area contributed by atoms with Crippen LogP contribution in [0.3, 0.4) is 0 Å². The zero-order chi connectivity index (χ0) is 13.0. The van der Waals surface area contributed by atoms with E-state index in [0.29, 0.717) is 13.0 Å². The minimum absolute atomic E-state index is 0.131. The number of halogens is 1. The van der Waals surface area contributed by atoms with Gasteiger partial charge >= 0.3 is 0 Å². The van der Waals surface area contributed by atoms with E-state index >= 15 is 0 Å². The van der Waals surface area contributed by atoms with Gasteiger partial charge in [0.25, 0.3) is 0 Å². The Balaban J connectivity index is 2.00. The molecule has 2 N–H and O–H groups in total. The molecule has 1 aromatic rings. The predicted molar refractivity (Wildman–Crippen MR) is 76.4 cm³/mol. The number of carbonyl (C=O) groups excluding carboxylic acids is 1. The quantitative estimate of drug-likeness (QED) is 0.929. The summed E-state index contributed by atoms with van der Waals surface area (Å²) in [7, 11) is 0. The molecular formula is C14H19BrN2O. The van der Waals surface area contributed by atoms with Gasteiger partial charge in [0.05, 0.1) is 0 Å². The largest absolute Gasteiger partial charge is 0.343 e. The van der Waals surface area contributed by atoms with Gasteiger partial charge in [-0.2, -0.15) is 0 Å². The van der Waals surface area contributed by atoms with Crippen LogP contribution in [0.25, 0.3) is 0 Å². The highest BCUT2D eigenvalue weighted by molar-refractivity contribution is 9.10. The van der Waals surface area contributed by atoms with E-state index in [2.05, 4.69) is 15.9 Å². The number of benzene rings is 1. The van der Waals surface area contributed by atoms with E-state index in [9.17, 15) is 4.79 Å². The summed E-state index contributed by atoms with van der Waals surface area (Å²) in [6, 6.07) is 8.08. The van der Waals surface area contributed by atoms with Crippen molar-refractivity contribution in [3.05, 3.63) is 34.3 Å². The second-order valence-electron chi connectivity index (χ2n) is 4.78. The Morgan fingerprint density at radius 1 is 1.28 bits per heavy atom. The summed E-state index contributed by atoms with van der Waals surface area (Å²) < 4.78 is 1.05. The number of nitrogens with zero attached hydrogens (tertiary/aromatic N) is 1. The van der Waals surface area contributed by atoms with Gasteiger partial charge in [-0.05, 0) is 37.1 Å². The molecule has 0 bridgehead atoms. The Labute approximate surface area is 116 Å². The third-order valence-corrected chi connectivity index (χ3v) is 4.03. The van der Waals surface area contributed by atoms with Crippen molar-refractivity contribution < 1.29 is 4.79 Å². The van der Waals surface area contributed by atoms with E-state index in [0.717, 1.165) is 36.0 Å². The lowest BCUT2D eigenvalue weighted by atomic mass is 9.95. The van der Waals surface area contributed by atoms with Crippen LogP contribution in [0, 0.1) is 0 Å². The topological polar surface area (TPSA) is 46.3 Å². The molecule has 1 unspecified atom stereocenters. The fraction of sp³-hybridized carbons (Fsp3) is 0.500. The molecule has 18 heavy (non-hydrogen) atoms. The fourth-order valence-corrected chi connectivity index (χ4v) is 2.64. The molecule has 4 heteroatoms. The van der Waals surface area contributed by atoms with Gasteiger partial charge in [-0.25, -0.2) is 0 Å². The van der Waals surface area contributed by atoms with Crippen LogP contribution in [0.5, 0.6) is 0 Å². The molecule has 1 heterocycles. The van der Waals surface area contributed by atoms with Gasteiger partial charge in [0.15, 0.2) is 0 Å². The van der Waals surface area contributed by atoms with Crippen molar-refractivity contribution in [3.8, 4) is 0 Å². The summed E-state index contributed by atoms with van der Waals surface area (Å²) in [6.07, 6.45) is 2.80. The lowest BCUT2D eigenvalue weighted by Gasteiger charge is -2.20. The van der Waals surface area contributed by atoms with Crippen molar-refractivity contribution in [2.45, 2.75) is 25.2 Å². The molecule has 0 spiro atoms. The molecule has 3 nitrogen and oxygen atoms in total. The number of rotatable bonds is 4. The number of hydrogen-bond donors (Lipinski definition) is 1. The molecule has 1 saturated heterocycles. The SMILES string of the molecule is NCC(CC(=O)N1CCCC1)c1ccc(Br)cc1. The number of likely N-dealkylation sites (tertiary alicyclic amines) is 1. The predicted octanol–water partition coefficient (Wildman–Crippen LogP) is 2.50. The van der Waals surface area contributed by atoms with Crippen molar-refractivity contribution in [1.82, 2.24) is 4.90 Å². The molecule has 0 saturated carbocycles. The van der Waals surface area contributed by atoms with Gasteiger partial charge in [-0.15, -0.1) is 0 Å². The van der Waals surface area contributed by atoms with Crippen LogP contribution in [0.15, 0.2) is 28.7 Å². The van der Waals surface area contributed by atoms with Gasteiger partial charge < -0.3 is 10.6 Å². The Kier molecular flexibility index (Phi) is 4.78. The molecule has 98 valence electrons. The molecule has 0 radical (unpaired) electrons. The summed E-state index contributed by atoms with van der Waals surface area (Å²) in [5.74, 6) is 0.372. The average molecular weight is 311 g/mol. The summed E-state index contributed by atoms with van der Waals surface area (Å²) in [6.45, 7) is 2.34. The Bertz CT molecular complexity index is 399. The number of nitrogens with two attached hydrogens (primary N) is 1. The highest BCUT2D eigenvalue weighted by Gasteiger charge is 2.21. The monoisotopic (exact) mass is 310 g/mol. The Hall–Kier alpha value is -0.870. The first-order valence-corrected chi connectivity index (χ1v) is 7.23. The van der Waals surface area contributed by atoms with E-state index < -0.39 is 0 Å². The summed E-state index contributed by atoms with van der Waals surface area (Å²) in [5, 5.41) is 0. The van der Waals surface area contributed by atoms with Crippen molar-refractivity contribution in [2.75, 3.05) is 19.6 Å². The van der Waals surface area contributed by atoms with Crippen LogP contribution >= 0.6 is 15.9 Å². The van der Waals surface area contributed by atoms with Gasteiger partial charge in [0, 0.05) is 29.9 Å². The molecule has 1 aliphatic rings. The van der Waals surface area contributed by atoms with Crippen molar-refractivity contribution >= 4 is 21.8 Å². The smallest absolute Gasteiger partial charge is 0.223 e. The number of amides is 1. The van der Waals surface area contributed by atoms with E-state index in [1.165, 1.54) is 0 Å². The normalized spacial score (nSPS) is 16.9. The van der Waals surface area contributed by atoms with Crippen molar-refractivity contribution in [3.63, 3.8) is 0 Å². The first-order chi connectivity index (χ1) is 8.70. The highest BCUT2D eigenvalue weighted by Crippen LogP contribution is 2.22. The third-order valence-electron chi connectivity index (χ3n) is 3.51. The first kappa shape index (κ1) is 13.6. The van der Waals surface area contributed by atoms with Crippen LogP contribution in [0.2, 0.25) is 0 Å². The van der Waals surface area contributed by atoms with Gasteiger partial charge in [-0.3, -0.25) is 4.79 Å².